The second kappa shape index (κ2) is 20.6. The molecular weight excluding hydrogens is 1070 g/mol. The first kappa shape index (κ1) is 51.8. The molecule has 0 radical (unpaired) electrons. The predicted octanol–water partition coefficient (Wildman–Crippen LogP) is 20.3. The van der Waals surface area contributed by atoms with E-state index < -0.39 is 0 Å². The quantitative estimate of drug-likeness (QED) is 0.107. The Balaban J connectivity index is 0.974. The molecule has 0 spiro atoms. The fourth-order valence-electron chi connectivity index (χ4n) is 15.3. The Labute approximate surface area is 514 Å². The van der Waals surface area contributed by atoms with Gasteiger partial charge in [0.25, 0.3) is 6.71 Å². The first-order valence-corrected chi connectivity index (χ1v) is 31.4. The molecule has 0 saturated heterocycles. The summed E-state index contributed by atoms with van der Waals surface area (Å²) in [5.41, 5.74) is 24.1. The average Bonchev–Trinajstić information content (AvgIpc) is 1.65. The summed E-state index contributed by atoms with van der Waals surface area (Å²) in [5.74, 6) is 0. The molecule has 15 aromatic rings. The molecule has 2 aromatic heterocycles. The van der Waals surface area contributed by atoms with Gasteiger partial charge in [-0.15, -0.1) is 0 Å². The average molecular weight is 1130 g/mol. The standard InChI is InChI=1S/C82H64BN5/c1-5-19-55-37-41-61(42-38-55)86(62-43-39-56(20-6-2)40-44-62)63-51-78-80-79(52-63)85-54(4)50-69-77(88(74-35-17-27-59-23-9-13-31-66(59)74)75-36-18-28-60-24-10-14-32-67(60)75)48-46-71(82(69)85)83(80)70-45-47-76(68-49-53(3)84(78)81(68)70)87(72-33-15-25-57-21-7-11-29-64(57)72)73-34-16-26-58-22-8-12-30-65(58)73/h7-18,21-52H,5-6,19-20H2,1-4H3. The Morgan fingerprint density at radius 1 is 0.307 bits per heavy atom. The fraction of sp³-hybridized carbons (Fsp3) is 0.0976. The summed E-state index contributed by atoms with van der Waals surface area (Å²) in [5, 5.41) is 12.1. The zero-order valence-corrected chi connectivity index (χ0v) is 50.0. The van der Waals surface area contributed by atoms with Gasteiger partial charge in [0.05, 0.1) is 50.8 Å². The maximum atomic E-state index is 2.61. The van der Waals surface area contributed by atoms with Crippen LogP contribution >= 0.6 is 0 Å². The van der Waals surface area contributed by atoms with Crippen LogP contribution in [0, 0.1) is 13.8 Å². The van der Waals surface area contributed by atoms with Gasteiger partial charge in [-0.2, -0.15) is 0 Å². The number of hydrogen-bond donors (Lipinski definition) is 0. The monoisotopic (exact) mass is 1130 g/mol. The molecule has 88 heavy (non-hydrogen) atoms. The van der Waals surface area contributed by atoms with Gasteiger partial charge >= 0.3 is 0 Å². The number of rotatable bonds is 13. The van der Waals surface area contributed by atoms with Gasteiger partial charge in [-0.3, -0.25) is 0 Å². The molecule has 0 bridgehead atoms. The number of hydrogen-bond acceptors (Lipinski definition) is 3. The normalized spacial score (nSPS) is 12.2. The van der Waals surface area contributed by atoms with Gasteiger partial charge in [0.1, 0.15) is 0 Å². The van der Waals surface area contributed by atoms with Crippen LogP contribution in [0.1, 0.15) is 49.2 Å². The first-order valence-electron chi connectivity index (χ1n) is 31.4. The Morgan fingerprint density at radius 2 is 0.636 bits per heavy atom. The van der Waals surface area contributed by atoms with Gasteiger partial charge in [-0.1, -0.05) is 209 Å². The molecule has 2 aliphatic rings. The predicted molar refractivity (Wildman–Crippen MR) is 376 cm³/mol. The highest BCUT2D eigenvalue weighted by molar-refractivity contribution is 7.00. The zero-order chi connectivity index (χ0) is 58.7. The fourth-order valence-corrected chi connectivity index (χ4v) is 15.3. The highest BCUT2D eigenvalue weighted by Crippen LogP contribution is 2.50. The molecule has 0 saturated carbocycles. The summed E-state index contributed by atoms with van der Waals surface area (Å²) >= 11 is 0. The van der Waals surface area contributed by atoms with E-state index >= 15 is 0 Å². The summed E-state index contributed by atoms with van der Waals surface area (Å²) in [6.07, 6.45) is 4.29. The summed E-state index contributed by atoms with van der Waals surface area (Å²) < 4.78 is 5.23. The first-order chi connectivity index (χ1) is 43.4. The van der Waals surface area contributed by atoms with Gasteiger partial charge in [-0.25, -0.2) is 0 Å². The van der Waals surface area contributed by atoms with Crippen LogP contribution in [0.25, 0.3) is 76.3 Å². The molecule has 6 heteroatoms. The molecule has 2 aliphatic heterocycles. The molecule has 5 nitrogen and oxygen atoms in total. The van der Waals surface area contributed by atoms with Crippen LogP contribution in [-0.2, 0) is 12.8 Å². The van der Waals surface area contributed by atoms with E-state index in [2.05, 4.69) is 318 Å². The van der Waals surface area contributed by atoms with Crippen molar-refractivity contribution < 1.29 is 0 Å². The molecule has 17 rings (SSSR count). The maximum Gasteiger partial charge on any atom is 0.252 e. The van der Waals surface area contributed by atoms with Crippen molar-refractivity contribution >= 4 is 139 Å². The summed E-state index contributed by atoms with van der Waals surface area (Å²) in [4.78, 5) is 7.61. The van der Waals surface area contributed by atoms with Crippen LogP contribution in [0.15, 0.2) is 267 Å². The van der Waals surface area contributed by atoms with E-state index in [0.717, 1.165) is 76.9 Å². The number of anilines is 9. The van der Waals surface area contributed by atoms with Gasteiger partial charge in [-0.05, 0) is 161 Å². The van der Waals surface area contributed by atoms with E-state index in [9.17, 15) is 0 Å². The number of nitrogens with zero attached hydrogens (tertiary/aromatic N) is 5. The van der Waals surface area contributed by atoms with Crippen molar-refractivity contribution in [2.45, 2.75) is 53.4 Å². The van der Waals surface area contributed by atoms with Crippen LogP contribution in [0.5, 0.6) is 0 Å². The molecule has 4 heterocycles. The van der Waals surface area contributed by atoms with Crippen LogP contribution in [-0.4, -0.2) is 15.8 Å². The van der Waals surface area contributed by atoms with Crippen molar-refractivity contribution in [3.05, 3.63) is 289 Å². The maximum absolute atomic E-state index is 2.61. The van der Waals surface area contributed by atoms with Gasteiger partial charge < -0.3 is 23.8 Å². The van der Waals surface area contributed by atoms with Crippen LogP contribution in [0.2, 0.25) is 0 Å². The molecule has 0 fully saturated rings. The number of benzene rings is 13. The Kier molecular flexibility index (Phi) is 12.1. The molecule has 0 amide bonds. The SMILES string of the molecule is CCCc1ccc(N(c2ccc(CCC)cc2)c2cc3c4c(c2)-n2c(C)cc5c(N(c6cccc7ccccc67)c6cccc7ccccc67)ccc(c52)B4c2ccc(N(c4cccc5ccccc45)c4cccc5ccccc45)c4cc(C)n-3c24)cc1. The van der Waals surface area contributed by atoms with E-state index in [0.29, 0.717) is 0 Å². The summed E-state index contributed by atoms with van der Waals surface area (Å²) in [6, 6.07) is 101. The lowest BCUT2D eigenvalue weighted by Gasteiger charge is -2.37. The minimum absolute atomic E-state index is 0.0991. The van der Waals surface area contributed by atoms with Crippen molar-refractivity contribution in [1.82, 2.24) is 9.13 Å². The van der Waals surface area contributed by atoms with E-state index in [1.807, 2.05) is 0 Å². The molecule has 420 valence electrons. The molecule has 0 atom stereocenters. The van der Waals surface area contributed by atoms with E-state index in [1.54, 1.807) is 0 Å². The number of aryl methyl sites for hydroxylation is 4. The zero-order valence-electron chi connectivity index (χ0n) is 50.0. The Bertz CT molecular complexity index is 4800. The van der Waals surface area contributed by atoms with Crippen molar-refractivity contribution in [2.75, 3.05) is 14.7 Å². The second-order valence-corrected chi connectivity index (χ2v) is 24.3. The lowest BCUT2D eigenvalue weighted by Crippen LogP contribution is -2.59. The van der Waals surface area contributed by atoms with Crippen LogP contribution in [0.4, 0.5) is 51.2 Å². The molecular formula is C82H64BN5. The smallest absolute Gasteiger partial charge is 0.252 e. The molecule has 0 N–H and O–H groups in total. The third-order valence-corrected chi connectivity index (χ3v) is 19.1. The van der Waals surface area contributed by atoms with Crippen molar-refractivity contribution in [3.8, 4) is 11.4 Å². The Morgan fingerprint density at radius 3 is 0.989 bits per heavy atom. The summed E-state index contributed by atoms with van der Waals surface area (Å²) in [6.45, 7) is 9.07. The lowest BCUT2D eigenvalue weighted by atomic mass is 9.34. The third-order valence-electron chi connectivity index (χ3n) is 19.1. The van der Waals surface area contributed by atoms with Gasteiger partial charge in [0, 0.05) is 66.5 Å². The van der Waals surface area contributed by atoms with Crippen LogP contribution < -0.4 is 31.1 Å². The Hall–Kier alpha value is -10.6. The third kappa shape index (κ3) is 7.94. The summed E-state index contributed by atoms with van der Waals surface area (Å²) in [7, 11) is 0. The highest BCUT2D eigenvalue weighted by Gasteiger charge is 2.42. The van der Waals surface area contributed by atoms with Crippen LogP contribution in [0.3, 0.4) is 0 Å². The van der Waals surface area contributed by atoms with E-state index in [4.69, 9.17) is 0 Å². The van der Waals surface area contributed by atoms with Gasteiger partial charge in [0.15, 0.2) is 0 Å². The molecule has 0 unspecified atom stereocenters. The number of fused-ring (bicyclic) bond motifs is 8. The minimum Gasteiger partial charge on any atom is -0.315 e. The largest absolute Gasteiger partial charge is 0.315 e. The second-order valence-electron chi connectivity index (χ2n) is 24.3. The van der Waals surface area contributed by atoms with E-state index in [1.165, 1.54) is 115 Å². The molecule has 0 aliphatic carbocycles. The van der Waals surface area contributed by atoms with E-state index in [-0.39, 0.29) is 6.71 Å². The lowest BCUT2D eigenvalue weighted by molar-refractivity contribution is 0.921. The van der Waals surface area contributed by atoms with Crippen molar-refractivity contribution in [1.29, 1.82) is 0 Å². The molecule has 13 aromatic carbocycles. The van der Waals surface area contributed by atoms with Gasteiger partial charge in [0.2, 0.25) is 0 Å². The topological polar surface area (TPSA) is 19.6 Å². The number of aromatic nitrogens is 2. The van der Waals surface area contributed by atoms with Crippen molar-refractivity contribution in [2.24, 2.45) is 0 Å². The highest BCUT2D eigenvalue weighted by atomic mass is 15.2. The minimum atomic E-state index is -0.0991. The van der Waals surface area contributed by atoms with Crippen molar-refractivity contribution in [3.63, 3.8) is 0 Å².